The second-order valence-electron chi connectivity index (χ2n) is 4.04. The molecule has 3 aromatic rings. The molecular formula is C15H9F2N. The predicted molar refractivity (Wildman–Crippen MR) is 67.1 cm³/mol. The highest BCUT2D eigenvalue weighted by molar-refractivity contribution is 5.81. The lowest BCUT2D eigenvalue weighted by Crippen LogP contribution is -1.86. The highest BCUT2D eigenvalue weighted by Gasteiger charge is 2.02. The van der Waals surface area contributed by atoms with E-state index in [-0.39, 0.29) is 11.6 Å². The van der Waals surface area contributed by atoms with E-state index in [1.54, 1.807) is 24.3 Å². The Labute approximate surface area is 103 Å². The average Bonchev–Trinajstić information content (AvgIpc) is 2.39. The molecule has 1 heterocycles. The Balaban J connectivity index is 2.13. The molecular weight excluding hydrogens is 232 g/mol. The molecule has 0 aliphatic rings. The van der Waals surface area contributed by atoms with Gasteiger partial charge >= 0.3 is 0 Å². The maximum atomic E-state index is 13.0. The highest BCUT2D eigenvalue weighted by Crippen LogP contribution is 2.21. The molecule has 3 rings (SSSR count). The molecule has 0 spiro atoms. The maximum Gasteiger partial charge on any atom is 0.123 e. The van der Waals surface area contributed by atoms with E-state index in [2.05, 4.69) is 4.98 Å². The second kappa shape index (κ2) is 4.18. The summed E-state index contributed by atoms with van der Waals surface area (Å²) in [6.07, 6.45) is 0. The summed E-state index contributed by atoms with van der Waals surface area (Å²) in [4.78, 5) is 4.43. The van der Waals surface area contributed by atoms with Crippen LogP contribution in [-0.4, -0.2) is 4.98 Å². The van der Waals surface area contributed by atoms with Crippen LogP contribution in [0.3, 0.4) is 0 Å². The lowest BCUT2D eigenvalue weighted by molar-refractivity contribution is 0.628. The van der Waals surface area contributed by atoms with Gasteiger partial charge in [-0.15, -0.1) is 0 Å². The van der Waals surface area contributed by atoms with Gasteiger partial charge in [-0.1, -0.05) is 6.07 Å². The average molecular weight is 241 g/mol. The first-order valence-corrected chi connectivity index (χ1v) is 5.55. The Morgan fingerprint density at radius 1 is 0.722 bits per heavy atom. The minimum Gasteiger partial charge on any atom is -0.248 e. The lowest BCUT2D eigenvalue weighted by Gasteiger charge is -2.03. The number of pyridine rings is 1. The van der Waals surface area contributed by atoms with Crippen LogP contribution in [0, 0.1) is 11.6 Å². The van der Waals surface area contributed by atoms with E-state index in [9.17, 15) is 8.78 Å². The van der Waals surface area contributed by atoms with E-state index in [1.165, 1.54) is 24.3 Å². The summed E-state index contributed by atoms with van der Waals surface area (Å²) in [6.45, 7) is 0. The Hall–Kier alpha value is -2.29. The Kier molecular flexibility index (Phi) is 2.52. The van der Waals surface area contributed by atoms with E-state index in [0.29, 0.717) is 0 Å². The number of rotatable bonds is 1. The molecule has 2 aromatic carbocycles. The van der Waals surface area contributed by atoms with Crippen LogP contribution in [0.4, 0.5) is 8.78 Å². The van der Waals surface area contributed by atoms with Gasteiger partial charge in [-0.3, -0.25) is 0 Å². The Morgan fingerprint density at radius 3 is 2.22 bits per heavy atom. The van der Waals surface area contributed by atoms with Gasteiger partial charge in [0.1, 0.15) is 11.6 Å². The standard InChI is InChI=1S/C15H9F2N/c16-12-4-1-10(2-5-12)14-7-3-11-9-13(17)6-8-15(11)18-14/h1-9H. The monoisotopic (exact) mass is 241 g/mol. The van der Waals surface area contributed by atoms with Crippen molar-refractivity contribution in [3.05, 3.63) is 66.2 Å². The summed E-state index contributed by atoms with van der Waals surface area (Å²) in [6, 6.07) is 14.2. The van der Waals surface area contributed by atoms with Gasteiger partial charge in [-0.05, 0) is 48.5 Å². The normalized spacial score (nSPS) is 10.8. The minimum atomic E-state index is -0.279. The van der Waals surface area contributed by atoms with E-state index >= 15 is 0 Å². The Morgan fingerprint density at radius 2 is 1.44 bits per heavy atom. The number of benzene rings is 2. The fourth-order valence-electron chi connectivity index (χ4n) is 1.88. The van der Waals surface area contributed by atoms with Crippen LogP contribution in [0.1, 0.15) is 0 Å². The van der Waals surface area contributed by atoms with Crippen molar-refractivity contribution in [3.8, 4) is 11.3 Å². The van der Waals surface area contributed by atoms with Gasteiger partial charge in [0.2, 0.25) is 0 Å². The molecule has 0 fully saturated rings. The smallest absolute Gasteiger partial charge is 0.123 e. The van der Waals surface area contributed by atoms with Crippen LogP contribution in [0.25, 0.3) is 22.2 Å². The number of aromatic nitrogens is 1. The molecule has 0 aliphatic heterocycles. The van der Waals surface area contributed by atoms with E-state index in [0.717, 1.165) is 22.2 Å². The molecule has 1 nitrogen and oxygen atoms in total. The van der Waals surface area contributed by atoms with Crippen molar-refractivity contribution in [2.45, 2.75) is 0 Å². The fourth-order valence-corrected chi connectivity index (χ4v) is 1.88. The molecule has 0 bridgehead atoms. The van der Waals surface area contributed by atoms with Crippen molar-refractivity contribution >= 4 is 10.9 Å². The van der Waals surface area contributed by atoms with Crippen LogP contribution >= 0.6 is 0 Å². The third-order valence-corrected chi connectivity index (χ3v) is 2.79. The summed E-state index contributed by atoms with van der Waals surface area (Å²) in [5.74, 6) is -0.555. The van der Waals surface area contributed by atoms with Crippen molar-refractivity contribution in [2.75, 3.05) is 0 Å². The predicted octanol–water partition coefficient (Wildman–Crippen LogP) is 4.18. The summed E-state index contributed by atoms with van der Waals surface area (Å²) in [7, 11) is 0. The molecule has 0 saturated carbocycles. The largest absolute Gasteiger partial charge is 0.248 e. The van der Waals surface area contributed by atoms with Gasteiger partial charge in [0.25, 0.3) is 0 Å². The second-order valence-corrected chi connectivity index (χ2v) is 4.04. The third kappa shape index (κ3) is 1.95. The van der Waals surface area contributed by atoms with Gasteiger partial charge in [-0.2, -0.15) is 0 Å². The summed E-state index contributed by atoms with van der Waals surface area (Å²) in [5, 5.41) is 0.751. The zero-order chi connectivity index (χ0) is 12.5. The third-order valence-electron chi connectivity index (χ3n) is 2.79. The van der Waals surface area contributed by atoms with Gasteiger partial charge in [0.05, 0.1) is 11.2 Å². The number of hydrogen-bond acceptors (Lipinski definition) is 1. The maximum absolute atomic E-state index is 13.0. The van der Waals surface area contributed by atoms with E-state index in [4.69, 9.17) is 0 Å². The number of fused-ring (bicyclic) bond motifs is 1. The minimum absolute atomic E-state index is 0.276. The quantitative estimate of drug-likeness (QED) is 0.622. The molecule has 3 heteroatoms. The van der Waals surface area contributed by atoms with Gasteiger partial charge in [0.15, 0.2) is 0 Å². The van der Waals surface area contributed by atoms with Crippen LogP contribution < -0.4 is 0 Å². The van der Waals surface area contributed by atoms with Crippen LogP contribution in [0.5, 0.6) is 0 Å². The van der Waals surface area contributed by atoms with Crippen molar-refractivity contribution in [3.63, 3.8) is 0 Å². The number of hydrogen-bond donors (Lipinski definition) is 0. The van der Waals surface area contributed by atoms with Gasteiger partial charge < -0.3 is 0 Å². The molecule has 0 radical (unpaired) electrons. The van der Waals surface area contributed by atoms with Gasteiger partial charge in [-0.25, -0.2) is 13.8 Å². The summed E-state index contributed by atoms with van der Waals surface area (Å²) < 4.78 is 25.9. The van der Waals surface area contributed by atoms with Crippen molar-refractivity contribution < 1.29 is 8.78 Å². The zero-order valence-electron chi connectivity index (χ0n) is 9.40. The summed E-state index contributed by atoms with van der Waals surface area (Å²) in [5.41, 5.74) is 2.30. The van der Waals surface area contributed by atoms with E-state index in [1.807, 2.05) is 6.07 Å². The molecule has 18 heavy (non-hydrogen) atoms. The van der Waals surface area contributed by atoms with Crippen LogP contribution in [0.2, 0.25) is 0 Å². The molecule has 0 aliphatic carbocycles. The summed E-state index contributed by atoms with van der Waals surface area (Å²) >= 11 is 0. The first kappa shape index (κ1) is 10.8. The van der Waals surface area contributed by atoms with Crippen molar-refractivity contribution in [2.24, 2.45) is 0 Å². The first-order chi connectivity index (χ1) is 8.72. The molecule has 0 amide bonds. The number of nitrogens with zero attached hydrogens (tertiary/aromatic N) is 1. The van der Waals surface area contributed by atoms with Crippen LogP contribution in [0.15, 0.2) is 54.6 Å². The fraction of sp³-hybridized carbons (Fsp3) is 0. The lowest BCUT2D eigenvalue weighted by atomic mass is 10.1. The molecule has 0 atom stereocenters. The van der Waals surface area contributed by atoms with Crippen LogP contribution in [-0.2, 0) is 0 Å². The first-order valence-electron chi connectivity index (χ1n) is 5.55. The SMILES string of the molecule is Fc1ccc(-c2ccc3cc(F)ccc3n2)cc1. The number of halogens is 2. The molecule has 0 N–H and O–H groups in total. The zero-order valence-corrected chi connectivity index (χ0v) is 9.40. The van der Waals surface area contributed by atoms with E-state index < -0.39 is 0 Å². The molecule has 0 saturated heterocycles. The Bertz CT molecular complexity index is 705. The molecule has 0 unspecified atom stereocenters. The van der Waals surface area contributed by atoms with Crippen molar-refractivity contribution in [1.82, 2.24) is 4.98 Å². The van der Waals surface area contributed by atoms with Gasteiger partial charge in [0, 0.05) is 10.9 Å². The molecule has 88 valence electrons. The van der Waals surface area contributed by atoms with Crippen molar-refractivity contribution in [1.29, 1.82) is 0 Å². The highest BCUT2D eigenvalue weighted by atomic mass is 19.1. The molecule has 1 aromatic heterocycles. The topological polar surface area (TPSA) is 12.9 Å².